The Balaban J connectivity index is 1.64. The van der Waals surface area contributed by atoms with E-state index < -0.39 is 42.2 Å². The first-order valence-corrected chi connectivity index (χ1v) is 15.8. The summed E-state index contributed by atoms with van der Waals surface area (Å²) in [5.74, 6) is -0.889. The average molecular weight is 672 g/mol. The van der Waals surface area contributed by atoms with Crippen molar-refractivity contribution in [1.82, 2.24) is 42.5 Å². The van der Waals surface area contributed by atoms with Crippen molar-refractivity contribution in [2.24, 2.45) is 11.7 Å². The van der Waals surface area contributed by atoms with Gasteiger partial charge in [-0.1, -0.05) is 56.3 Å². The second-order valence-corrected chi connectivity index (χ2v) is 11.6. The first kappa shape index (κ1) is 38.9. The highest BCUT2D eigenvalue weighted by Gasteiger charge is 2.22. The molecule has 2 aromatic carbocycles. The van der Waals surface area contributed by atoms with Crippen LogP contribution in [0.5, 0.6) is 5.75 Å². The third-order valence-electron chi connectivity index (χ3n) is 6.83. The molecule has 0 radical (unpaired) electrons. The number of carbonyl (C=O) groups is 5. The highest BCUT2D eigenvalue weighted by Crippen LogP contribution is 2.10. The van der Waals surface area contributed by atoms with E-state index in [9.17, 15) is 34.2 Å². The predicted octanol–water partition coefficient (Wildman–Crippen LogP) is 0.569. The Labute approximate surface area is 280 Å². The van der Waals surface area contributed by atoms with Crippen molar-refractivity contribution in [2.75, 3.05) is 39.3 Å². The monoisotopic (exact) mass is 671 g/mol. The van der Waals surface area contributed by atoms with Crippen LogP contribution in [0.3, 0.4) is 0 Å². The summed E-state index contributed by atoms with van der Waals surface area (Å²) in [6.45, 7) is 4.59. The number of aliphatic carboxylic acids is 1. The number of amides is 8. The van der Waals surface area contributed by atoms with Crippen LogP contribution in [0.1, 0.15) is 31.4 Å². The minimum absolute atomic E-state index is 0.0431. The summed E-state index contributed by atoms with van der Waals surface area (Å²) >= 11 is 0. The van der Waals surface area contributed by atoms with Crippen LogP contribution in [0.4, 0.5) is 19.2 Å². The predicted molar refractivity (Wildman–Crippen MR) is 180 cm³/mol. The summed E-state index contributed by atoms with van der Waals surface area (Å²) in [6, 6.07) is 12.1. The van der Waals surface area contributed by atoms with Gasteiger partial charge >= 0.3 is 30.1 Å². The van der Waals surface area contributed by atoms with Gasteiger partial charge in [-0.3, -0.25) is 0 Å². The van der Waals surface area contributed by atoms with Crippen LogP contribution in [0.2, 0.25) is 0 Å². The molecule has 0 heterocycles. The molecule has 16 nitrogen and oxygen atoms in total. The van der Waals surface area contributed by atoms with Crippen LogP contribution in [-0.2, 0) is 17.6 Å². The third kappa shape index (κ3) is 17.4. The SMILES string of the molecule is CC(C)C[C@H](NC(=O)NC[C@H](Cc1ccccc1)NC(=O)NCCNC(=O)NCCNC(=O)NC[C@@H](N)Cc1ccc(O)cc1)C(=O)O. The van der Waals surface area contributed by atoms with E-state index in [4.69, 9.17) is 5.73 Å². The molecular formula is C32H49N9O7. The van der Waals surface area contributed by atoms with E-state index in [2.05, 4.69) is 42.5 Å². The smallest absolute Gasteiger partial charge is 0.326 e. The number of carboxylic acid groups (broad SMARTS) is 1. The Morgan fingerprint density at radius 1 is 0.646 bits per heavy atom. The van der Waals surface area contributed by atoms with E-state index in [0.29, 0.717) is 12.8 Å². The summed E-state index contributed by atoms with van der Waals surface area (Å²) in [4.78, 5) is 60.5. The molecule has 2 rings (SSSR count). The lowest BCUT2D eigenvalue weighted by Gasteiger charge is -2.22. The van der Waals surface area contributed by atoms with E-state index in [1.165, 1.54) is 0 Å². The molecule has 16 heteroatoms. The summed E-state index contributed by atoms with van der Waals surface area (Å²) in [5, 5.41) is 39.8. The number of nitrogens with two attached hydrogens (primary N) is 1. The number of carboxylic acids is 1. The van der Waals surface area contributed by atoms with Gasteiger partial charge in [-0.25, -0.2) is 24.0 Å². The lowest BCUT2D eigenvalue weighted by Crippen LogP contribution is -2.53. The normalized spacial score (nSPS) is 12.5. The fourth-order valence-corrected chi connectivity index (χ4v) is 4.49. The van der Waals surface area contributed by atoms with Gasteiger partial charge in [0.05, 0.1) is 6.04 Å². The summed E-state index contributed by atoms with van der Waals surface area (Å²) in [6.07, 6.45) is 1.21. The number of urea groups is 4. The molecule has 0 unspecified atom stereocenters. The molecule has 0 saturated heterocycles. The summed E-state index contributed by atoms with van der Waals surface area (Å²) in [7, 11) is 0. The number of rotatable bonds is 19. The summed E-state index contributed by atoms with van der Waals surface area (Å²) < 4.78 is 0. The zero-order valence-electron chi connectivity index (χ0n) is 27.4. The Kier molecular flexibility index (Phi) is 17.5. The topological polar surface area (TPSA) is 248 Å². The minimum atomic E-state index is -1.13. The second-order valence-electron chi connectivity index (χ2n) is 11.6. The maximum Gasteiger partial charge on any atom is 0.326 e. The molecule has 0 aliphatic carbocycles. The second kappa shape index (κ2) is 21.5. The maximum atomic E-state index is 12.6. The zero-order valence-corrected chi connectivity index (χ0v) is 27.4. The average Bonchev–Trinajstić information content (AvgIpc) is 3.04. The first-order chi connectivity index (χ1) is 22.9. The molecule has 8 amide bonds. The number of phenols is 1. The fraction of sp³-hybridized carbons (Fsp3) is 0.469. The van der Waals surface area contributed by atoms with Gasteiger partial charge in [0.25, 0.3) is 0 Å². The highest BCUT2D eigenvalue weighted by molar-refractivity contribution is 5.82. The first-order valence-electron chi connectivity index (χ1n) is 15.8. The summed E-state index contributed by atoms with van der Waals surface area (Å²) in [5.41, 5.74) is 7.90. The van der Waals surface area contributed by atoms with Gasteiger partial charge in [0, 0.05) is 45.3 Å². The molecule has 0 aliphatic rings. The van der Waals surface area contributed by atoms with Crippen LogP contribution in [0, 0.1) is 5.92 Å². The molecule has 3 atom stereocenters. The van der Waals surface area contributed by atoms with Crippen LogP contribution >= 0.6 is 0 Å². The Bertz CT molecular complexity index is 1300. The maximum absolute atomic E-state index is 12.6. The van der Waals surface area contributed by atoms with E-state index in [-0.39, 0.29) is 63.4 Å². The molecule has 0 aliphatic heterocycles. The lowest BCUT2D eigenvalue weighted by atomic mass is 10.0. The van der Waals surface area contributed by atoms with E-state index in [1.54, 1.807) is 24.3 Å². The van der Waals surface area contributed by atoms with Crippen LogP contribution in [0.25, 0.3) is 0 Å². The van der Waals surface area contributed by atoms with Crippen molar-refractivity contribution in [3.05, 3.63) is 65.7 Å². The van der Waals surface area contributed by atoms with Crippen molar-refractivity contribution in [3.63, 3.8) is 0 Å². The van der Waals surface area contributed by atoms with Gasteiger partial charge in [0.15, 0.2) is 0 Å². The molecular weight excluding hydrogens is 622 g/mol. The number of hydrogen-bond acceptors (Lipinski definition) is 7. The third-order valence-corrected chi connectivity index (χ3v) is 6.83. The van der Waals surface area contributed by atoms with Gasteiger partial charge in [-0.05, 0) is 48.4 Å². The van der Waals surface area contributed by atoms with E-state index >= 15 is 0 Å². The largest absolute Gasteiger partial charge is 0.508 e. The Hall–Kier alpha value is -5.25. The molecule has 0 spiro atoms. The number of phenolic OH excluding ortho intramolecular Hbond substituents is 1. The standard InChI is InChI=1S/C32H49N9O7/c1-21(2)16-27(28(43)44)41-32(48)39-20-25(18-22-6-4-3-5-7-22)40-31(47)37-15-14-35-29(45)34-12-13-36-30(46)38-19-24(33)17-23-8-10-26(42)11-9-23/h3-11,21,24-25,27,42H,12-20,33H2,1-2H3,(H,43,44)(H2,34,35,45)(H2,36,38,46)(H2,37,40,47)(H2,39,41,48)/t24-,25-,27-/m0/s1. The molecule has 0 fully saturated rings. The van der Waals surface area contributed by atoms with Crippen molar-refractivity contribution in [3.8, 4) is 5.75 Å². The molecule has 0 saturated carbocycles. The van der Waals surface area contributed by atoms with Gasteiger partial charge in [0.1, 0.15) is 11.8 Å². The highest BCUT2D eigenvalue weighted by atomic mass is 16.4. The number of aromatic hydroxyl groups is 1. The molecule has 2 aromatic rings. The minimum Gasteiger partial charge on any atom is -0.508 e. The fourth-order valence-electron chi connectivity index (χ4n) is 4.49. The Morgan fingerprint density at radius 3 is 1.71 bits per heavy atom. The molecule has 48 heavy (non-hydrogen) atoms. The van der Waals surface area contributed by atoms with Crippen molar-refractivity contribution < 1.29 is 34.2 Å². The molecule has 264 valence electrons. The van der Waals surface area contributed by atoms with Crippen LogP contribution in [-0.4, -0.2) is 97.7 Å². The van der Waals surface area contributed by atoms with Crippen molar-refractivity contribution in [2.45, 2.75) is 51.2 Å². The van der Waals surface area contributed by atoms with Crippen molar-refractivity contribution >= 4 is 30.1 Å². The van der Waals surface area contributed by atoms with Crippen LogP contribution in [0.15, 0.2) is 54.6 Å². The lowest BCUT2D eigenvalue weighted by molar-refractivity contribution is -0.139. The quantitative estimate of drug-likeness (QED) is 0.0940. The van der Waals surface area contributed by atoms with E-state index in [0.717, 1.165) is 11.1 Å². The molecule has 12 N–H and O–H groups in total. The van der Waals surface area contributed by atoms with Gasteiger partial charge in [0.2, 0.25) is 0 Å². The number of carbonyl (C=O) groups excluding carboxylic acids is 4. The van der Waals surface area contributed by atoms with Crippen LogP contribution < -0.4 is 48.3 Å². The molecule has 0 bridgehead atoms. The zero-order chi connectivity index (χ0) is 35.3. The number of hydrogen-bond donors (Lipinski definition) is 11. The van der Waals surface area contributed by atoms with Crippen molar-refractivity contribution in [1.29, 1.82) is 0 Å². The van der Waals surface area contributed by atoms with E-state index in [1.807, 2.05) is 44.2 Å². The van der Waals surface area contributed by atoms with Gasteiger partial charge in [-0.2, -0.15) is 0 Å². The molecule has 0 aromatic heterocycles. The van der Waals surface area contributed by atoms with Gasteiger partial charge in [-0.15, -0.1) is 0 Å². The number of nitrogens with one attached hydrogen (secondary N) is 8. The van der Waals surface area contributed by atoms with Gasteiger partial charge < -0.3 is 58.5 Å². The number of benzene rings is 2. The Morgan fingerprint density at radius 2 is 1.15 bits per heavy atom.